The number of methoxy groups -OCH3 is 1. The second-order valence-corrected chi connectivity index (χ2v) is 8.28. The lowest BCUT2D eigenvalue weighted by molar-refractivity contribution is -0.134. The van der Waals surface area contributed by atoms with Crippen molar-refractivity contribution in [1.29, 1.82) is 0 Å². The fourth-order valence-corrected chi connectivity index (χ4v) is 5.80. The topological polar surface area (TPSA) is 72.8 Å². The predicted octanol–water partition coefficient (Wildman–Crippen LogP) is 3.02. The molecule has 3 aliphatic rings. The van der Waals surface area contributed by atoms with E-state index >= 15 is 0 Å². The molecule has 5 nitrogen and oxygen atoms in total. The van der Waals surface area contributed by atoms with Crippen molar-refractivity contribution in [2.75, 3.05) is 7.11 Å². The number of ketones is 1. The van der Waals surface area contributed by atoms with Crippen LogP contribution >= 0.6 is 0 Å². The number of aryl methyl sites for hydroxylation is 1. The summed E-state index contributed by atoms with van der Waals surface area (Å²) in [4.78, 5) is 24.2. The van der Waals surface area contributed by atoms with Gasteiger partial charge in [0.1, 0.15) is 17.6 Å². The number of carbonyl (C=O) groups excluding carboxylic acids is 2. The highest BCUT2D eigenvalue weighted by atomic mass is 16.5. The summed E-state index contributed by atoms with van der Waals surface area (Å²) < 4.78 is 10.9. The Hall–Kier alpha value is -1.88. The molecule has 0 unspecified atom stereocenters. The van der Waals surface area contributed by atoms with Crippen LogP contribution in [0.25, 0.3) is 0 Å². The summed E-state index contributed by atoms with van der Waals surface area (Å²) in [5.74, 6) is 1.77. The average Bonchev–Trinajstić information content (AvgIpc) is 2.84. The zero-order valence-corrected chi connectivity index (χ0v) is 15.6. The zero-order valence-electron chi connectivity index (χ0n) is 15.6. The third-order valence-corrected chi connectivity index (χ3v) is 6.98. The van der Waals surface area contributed by atoms with E-state index in [9.17, 15) is 14.7 Å². The van der Waals surface area contributed by atoms with E-state index in [4.69, 9.17) is 9.47 Å². The molecule has 0 radical (unpaired) electrons. The van der Waals surface area contributed by atoms with Gasteiger partial charge >= 0.3 is 5.97 Å². The molecule has 0 heterocycles. The first kappa shape index (κ1) is 17.5. The molecule has 4 rings (SSSR count). The van der Waals surface area contributed by atoms with E-state index in [2.05, 4.69) is 0 Å². The molecule has 5 heteroatoms. The molecule has 1 aromatic carbocycles. The molecule has 0 aliphatic heterocycles. The Morgan fingerprint density at radius 2 is 2.08 bits per heavy atom. The van der Waals surface area contributed by atoms with Gasteiger partial charge in [0.2, 0.25) is 0 Å². The first-order valence-corrected chi connectivity index (χ1v) is 9.46. The lowest BCUT2D eigenvalue weighted by Gasteiger charge is -2.48. The SMILES string of the molecule is COc1cc2c(c(OC(C)=O)c1)[C@H]1CC[C@]3(C)C(=O)[C@H](O)C[C@H]3[C@@H]1CC2. The Morgan fingerprint density at radius 1 is 1.31 bits per heavy atom. The van der Waals surface area contributed by atoms with Crippen molar-refractivity contribution >= 4 is 11.8 Å². The first-order chi connectivity index (χ1) is 12.3. The molecular weight excluding hydrogens is 332 g/mol. The molecule has 3 aliphatic carbocycles. The third kappa shape index (κ3) is 2.48. The van der Waals surface area contributed by atoms with Crippen molar-refractivity contribution in [3.05, 3.63) is 23.3 Å². The maximum absolute atomic E-state index is 12.5. The Bertz CT molecular complexity index is 770. The molecule has 0 amide bonds. The maximum atomic E-state index is 12.5. The van der Waals surface area contributed by atoms with Gasteiger partial charge in [-0.2, -0.15) is 0 Å². The molecule has 5 atom stereocenters. The van der Waals surface area contributed by atoms with Crippen molar-refractivity contribution in [1.82, 2.24) is 0 Å². The minimum absolute atomic E-state index is 0.0155. The number of aliphatic hydroxyl groups is 1. The van der Waals surface area contributed by atoms with E-state index in [-0.39, 0.29) is 23.6 Å². The van der Waals surface area contributed by atoms with Crippen molar-refractivity contribution in [3.8, 4) is 11.5 Å². The average molecular weight is 358 g/mol. The third-order valence-electron chi connectivity index (χ3n) is 6.98. The highest BCUT2D eigenvalue weighted by Gasteiger charge is 2.58. The molecule has 140 valence electrons. The maximum Gasteiger partial charge on any atom is 0.308 e. The highest BCUT2D eigenvalue weighted by molar-refractivity contribution is 5.91. The van der Waals surface area contributed by atoms with Gasteiger partial charge in [-0.15, -0.1) is 0 Å². The summed E-state index contributed by atoms with van der Waals surface area (Å²) in [6.45, 7) is 3.44. The van der Waals surface area contributed by atoms with Crippen LogP contribution in [0.2, 0.25) is 0 Å². The van der Waals surface area contributed by atoms with Gasteiger partial charge in [-0.1, -0.05) is 6.92 Å². The summed E-state index contributed by atoms with van der Waals surface area (Å²) in [7, 11) is 1.61. The van der Waals surface area contributed by atoms with Crippen LogP contribution in [0.1, 0.15) is 56.6 Å². The molecule has 1 N–H and O–H groups in total. The smallest absolute Gasteiger partial charge is 0.308 e. The van der Waals surface area contributed by atoms with Crippen LogP contribution in [0, 0.1) is 17.3 Å². The van der Waals surface area contributed by atoms with Gasteiger partial charge in [0.25, 0.3) is 0 Å². The van der Waals surface area contributed by atoms with Crippen LogP contribution in [0.5, 0.6) is 11.5 Å². The number of aliphatic hydroxyl groups excluding tert-OH is 1. The summed E-state index contributed by atoms with van der Waals surface area (Å²) in [6.07, 6.45) is 3.26. The minimum atomic E-state index is -0.825. The molecular formula is C21H26O5. The molecule has 0 bridgehead atoms. The molecule has 1 aromatic rings. The fraction of sp³-hybridized carbons (Fsp3) is 0.619. The molecule has 0 saturated heterocycles. The molecule has 0 spiro atoms. The number of carbonyl (C=O) groups is 2. The van der Waals surface area contributed by atoms with Gasteiger partial charge in [-0.05, 0) is 61.5 Å². The molecule has 26 heavy (non-hydrogen) atoms. The van der Waals surface area contributed by atoms with E-state index in [1.54, 1.807) is 13.2 Å². The second kappa shape index (κ2) is 6.08. The van der Waals surface area contributed by atoms with Crippen LogP contribution in [-0.2, 0) is 16.0 Å². The predicted molar refractivity (Wildman–Crippen MR) is 95.3 cm³/mol. The largest absolute Gasteiger partial charge is 0.497 e. The number of benzene rings is 1. The van der Waals surface area contributed by atoms with Crippen molar-refractivity contribution < 1.29 is 24.2 Å². The van der Waals surface area contributed by atoms with E-state index in [1.807, 2.05) is 13.0 Å². The number of Topliss-reactive ketones (excluding diaryl/α,β-unsaturated/α-hetero) is 1. The van der Waals surface area contributed by atoms with Crippen molar-refractivity contribution in [3.63, 3.8) is 0 Å². The molecule has 2 saturated carbocycles. The number of ether oxygens (including phenoxy) is 2. The fourth-order valence-electron chi connectivity index (χ4n) is 5.80. The number of esters is 1. The summed E-state index contributed by atoms with van der Waals surface area (Å²) >= 11 is 0. The van der Waals surface area contributed by atoms with E-state index in [1.165, 1.54) is 12.5 Å². The van der Waals surface area contributed by atoms with Gasteiger partial charge in [0.05, 0.1) is 7.11 Å². The standard InChI is InChI=1S/C21H26O5/c1-11(22)26-18-9-13(25-3)8-12-4-5-14-15(19(12)18)6-7-21(2)16(14)10-17(23)20(21)24/h8-9,14-17,23H,4-7,10H2,1-3H3/t14-,15+,16+,17-,21+/m1/s1. The summed E-state index contributed by atoms with van der Waals surface area (Å²) in [5, 5.41) is 10.2. The van der Waals surface area contributed by atoms with Gasteiger partial charge in [-0.25, -0.2) is 0 Å². The van der Waals surface area contributed by atoms with Crippen LogP contribution in [0.15, 0.2) is 12.1 Å². The zero-order chi connectivity index (χ0) is 18.6. The van der Waals surface area contributed by atoms with E-state index in [0.29, 0.717) is 23.8 Å². The Balaban J connectivity index is 1.77. The number of fused-ring (bicyclic) bond motifs is 5. The minimum Gasteiger partial charge on any atom is -0.497 e. The van der Waals surface area contributed by atoms with Gasteiger partial charge in [-0.3, -0.25) is 9.59 Å². The number of hydrogen-bond donors (Lipinski definition) is 1. The lowest BCUT2D eigenvalue weighted by atomic mass is 9.55. The first-order valence-electron chi connectivity index (χ1n) is 9.46. The van der Waals surface area contributed by atoms with Crippen LogP contribution in [0.4, 0.5) is 0 Å². The highest BCUT2D eigenvalue weighted by Crippen LogP contribution is 2.60. The monoisotopic (exact) mass is 358 g/mol. The number of hydrogen-bond acceptors (Lipinski definition) is 5. The van der Waals surface area contributed by atoms with Gasteiger partial charge in [0, 0.05) is 24.0 Å². The Labute approximate surface area is 153 Å². The van der Waals surface area contributed by atoms with Crippen molar-refractivity contribution in [2.45, 2.75) is 58.0 Å². The number of rotatable bonds is 2. The van der Waals surface area contributed by atoms with Gasteiger partial charge < -0.3 is 14.6 Å². The summed E-state index contributed by atoms with van der Waals surface area (Å²) in [6, 6.07) is 3.84. The normalized spacial score (nSPS) is 35.3. The second-order valence-electron chi connectivity index (χ2n) is 8.28. The quantitative estimate of drug-likeness (QED) is 0.650. The van der Waals surface area contributed by atoms with E-state index in [0.717, 1.165) is 31.2 Å². The van der Waals surface area contributed by atoms with Crippen molar-refractivity contribution in [2.24, 2.45) is 17.3 Å². The molecule has 0 aromatic heterocycles. The Kier molecular flexibility index (Phi) is 4.10. The van der Waals surface area contributed by atoms with Crippen LogP contribution < -0.4 is 9.47 Å². The van der Waals surface area contributed by atoms with Crippen LogP contribution in [0.3, 0.4) is 0 Å². The van der Waals surface area contributed by atoms with Gasteiger partial charge in [0.15, 0.2) is 5.78 Å². The Morgan fingerprint density at radius 3 is 2.77 bits per heavy atom. The summed E-state index contributed by atoms with van der Waals surface area (Å²) in [5.41, 5.74) is 1.87. The van der Waals surface area contributed by atoms with Crippen LogP contribution in [-0.4, -0.2) is 30.1 Å². The van der Waals surface area contributed by atoms with E-state index < -0.39 is 11.5 Å². The molecule has 2 fully saturated rings. The lowest BCUT2D eigenvalue weighted by Crippen LogP contribution is -2.43.